The van der Waals surface area contributed by atoms with Crippen LogP contribution in [0.15, 0.2) is 12.1 Å². The Hall–Kier alpha value is -1.95. The third kappa shape index (κ3) is 3.90. The van der Waals surface area contributed by atoms with E-state index in [0.717, 1.165) is 25.7 Å². The number of rotatable bonds is 5. The Morgan fingerprint density at radius 2 is 1.85 bits per heavy atom. The van der Waals surface area contributed by atoms with Crippen LogP contribution in [0.25, 0.3) is 0 Å². The number of anilines is 1. The van der Waals surface area contributed by atoms with Crippen molar-refractivity contribution in [3.63, 3.8) is 0 Å². The Labute approximate surface area is 158 Å². The average Bonchev–Trinajstić information content (AvgIpc) is 3.05. The molecule has 1 saturated carbocycles. The Morgan fingerprint density at radius 3 is 2.50 bits per heavy atom. The Morgan fingerprint density at radius 1 is 1.15 bits per heavy atom. The first kappa shape index (κ1) is 18.8. The first-order valence-corrected chi connectivity index (χ1v) is 9.43. The highest BCUT2D eigenvalue weighted by atomic mass is 35.5. The monoisotopic (exact) mass is 380 g/mol. The summed E-state index contributed by atoms with van der Waals surface area (Å²) >= 11 is 6.10. The van der Waals surface area contributed by atoms with Crippen molar-refractivity contribution >= 4 is 29.1 Å². The van der Waals surface area contributed by atoms with Crippen LogP contribution in [0.3, 0.4) is 0 Å². The van der Waals surface area contributed by atoms with Gasteiger partial charge in [0.25, 0.3) is 0 Å². The fourth-order valence-corrected chi connectivity index (χ4v) is 4.08. The third-order valence-corrected chi connectivity index (χ3v) is 5.57. The highest BCUT2D eigenvalue weighted by Crippen LogP contribution is 2.36. The minimum atomic E-state index is -0.351. The molecule has 3 rings (SSSR count). The molecule has 1 aromatic rings. The van der Waals surface area contributed by atoms with Crippen LogP contribution in [-0.2, 0) is 9.59 Å². The molecule has 7 heteroatoms. The molecule has 1 atom stereocenters. The van der Waals surface area contributed by atoms with Crippen LogP contribution in [0.4, 0.5) is 5.69 Å². The summed E-state index contributed by atoms with van der Waals surface area (Å²) in [5.74, 6) is 0.458. The molecule has 2 fully saturated rings. The van der Waals surface area contributed by atoms with Gasteiger partial charge in [0.15, 0.2) is 0 Å². The van der Waals surface area contributed by atoms with Crippen molar-refractivity contribution in [2.75, 3.05) is 26.1 Å². The summed E-state index contributed by atoms with van der Waals surface area (Å²) in [5, 5.41) is 3.27. The van der Waals surface area contributed by atoms with Gasteiger partial charge in [-0.2, -0.15) is 0 Å². The van der Waals surface area contributed by atoms with Gasteiger partial charge in [-0.25, -0.2) is 0 Å². The van der Waals surface area contributed by atoms with Gasteiger partial charge in [-0.15, -0.1) is 0 Å². The molecule has 1 saturated heterocycles. The Kier molecular flexibility index (Phi) is 5.91. The maximum absolute atomic E-state index is 12.7. The van der Waals surface area contributed by atoms with Crippen molar-refractivity contribution < 1.29 is 19.1 Å². The second kappa shape index (κ2) is 8.16. The number of benzene rings is 1. The predicted molar refractivity (Wildman–Crippen MR) is 99.9 cm³/mol. The molecule has 26 heavy (non-hydrogen) atoms. The number of halogens is 1. The second-order valence-electron chi connectivity index (χ2n) is 6.92. The number of hydrogen-bond donors (Lipinski definition) is 1. The van der Waals surface area contributed by atoms with Gasteiger partial charge in [-0.1, -0.05) is 30.9 Å². The zero-order valence-corrected chi connectivity index (χ0v) is 16.0. The molecule has 1 aliphatic carbocycles. The lowest BCUT2D eigenvalue weighted by Crippen LogP contribution is -2.38. The fraction of sp³-hybridized carbons (Fsp3) is 0.579. The SMILES string of the molecule is COc1cc(NC(=O)[C@H]2CC(=O)N(C3CCCCC3)C2)c(OC)cc1Cl. The van der Waals surface area contributed by atoms with E-state index in [4.69, 9.17) is 21.1 Å². The van der Waals surface area contributed by atoms with Crippen LogP contribution >= 0.6 is 11.6 Å². The predicted octanol–water partition coefficient (Wildman–Crippen LogP) is 3.48. The molecular weight excluding hydrogens is 356 g/mol. The van der Waals surface area contributed by atoms with Crippen molar-refractivity contribution in [1.29, 1.82) is 0 Å². The number of likely N-dealkylation sites (tertiary alicyclic amines) is 1. The molecule has 0 aromatic heterocycles. The van der Waals surface area contributed by atoms with Gasteiger partial charge in [0.1, 0.15) is 11.5 Å². The van der Waals surface area contributed by atoms with Gasteiger partial charge in [0.2, 0.25) is 11.8 Å². The molecule has 1 heterocycles. The quantitative estimate of drug-likeness (QED) is 0.849. The van der Waals surface area contributed by atoms with Crippen molar-refractivity contribution in [2.45, 2.75) is 44.6 Å². The molecule has 1 N–H and O–H groups in total. The molecule has 1 aromatic carbocycles. The van der Waals surface area contributed by atoms with Crippen molar-refractivity contribution in [1.82, 2.24) is 4.90 Å². The number of carbonyl (C=O) groups is 2. The normalized spacial score (nSPS) is 21.0. The van der Waals surface area contributed by atoms with E-state index in [1.807, 2.05) is 4.90 Å². The van der Waals surface area contributed by atoms with E-state index in [2.05, 4.69) is 5.32 Å². The molecule has 1 aliphatic heterocycles. The molecule has 2 amide bonds. The fourth-order valence-electron chi connectivity index (χ4n) is 3.85. The van der Waals surface area contributed by atoms with E-state index in [9.17, 15) is 9.59 Å². The molecule has 2 aliphatic rings. The topological polar surface area (TPSA) is 67.9 Å². The van der Waals surface area contributed by atoms with Gasteiger partial charge in [-0.05, 0) is 12.8 Å². The summed E-state index contributed by atoms with van der Waals surface area (Å²) in [6, 6.07) is 3.53. The molecule has 0 bridgehead atoms. The van der Waals surface area contributed by atoms with Crippen LogP contribution in [0, 0.1) is 5.92 Å². The summed E-state index contributed by atoms with van der Waals surface area (Å²) in [6.45, 7) is 0.488. The summed E-state index contributed by atoms with van der Waals surface area (Å²) in [7, 11) is 3.02. The molecule has 0 unspecified atom stereocenters. The van der Waals surface area contributed by atoms with Crippen molar-refractivity contribution in [3.05, 3.63) is 17.2 Å². The Bertz CT molecular complexity index is 688. The van der Waals surface area contributed by atoms with Crippen LogP contribution < -0.4 is 14.8 Å². The first-order chi connectivity index (χ1) is 12.5. The molecule has 6 nitrogen and oxygen atoms in total. The Balaban J connectivity index is 1.69. The smallest absolute Gasteiger partial charge is 0.229 e. The van der Waals surface area contributed by atoms with Crippen LogP contribution in [0.5, 0.6) is 11.5 Å². The lowest BCUT2D eigenvalue weighted by atomic mass is 9.94. The van der Waals surface area contributed by atoms with Gasteiger partial charge >= 0.3 is 0 Å². The van der Waals surface area contributed by atoms with E-state index >= 15 is 0 Å². The maximum Gasteiger partial charge on any atom is 0.229 e. The number of ether oxygens (including phenoxy) is 2. The van der Waals surface area contributed by atoms with E-state index < -0.39 is 0 Å². The van der Waals surface area contributed by atoms with Gasteiger partial charge < -0.3 is 19.7 Å². The van der Waals surface area contributed by atoms with E-state index in [1.54, 1.807) is 12.1 Å². The van der Waals surface area contributed by atoms with E-state index in [0.29, 0.717) is 34.8 Å². The van der Waals surface area contributed by atoms with Crippen LogP contribution in [0.2, 0.25) is 5.02 Å². The lowest BCUT2D eigenvalue weighted by molar-refractivity contribution is -0.130. The number of methoxy groups -OCH3 is 2. The summed E-state index contributed by atoms with van der Waals surface area (Å²) < 4.78 is 10.5. The van der Waals surface area contributed by atoms with Crippen molar-refractivity contribution in [2.24, 2.45) is 5.92 Å². The number of nitrogens with zero attached hydrogens (tertiary/aromatic N) is 1. The zero-order valence-electron chi connectivity index (χ0n) is 15.2. The van der Waals surface area contributed by atoms with E-state index in [-0.39, 0.29) is 24.2 Å². The second-order valence-corrected chi connectivity index (χ2v) is 7.32. The average molecular weight is 381 g/mol. The summed E-state index contributed by atoms with van der Waals surface area (Å²) in [6.07, 6.45) is 5.90. The number of amides is 2. The van der Waals surface area contributed by atoms with Gasteiger partial charge in [0.05, 0.1) is 30.8 Å². The van der Waals surface area contributed by atoms with Gasteiger partial charge in [-0.3, -0.25) is 9.59 Å². The highest BCUT2D eigenvalue weighted by molar-refractivity contribution is 6.32. The molecule has 142 valence electrons. The first-order valence-electron chi connectivity index (χ1n) is 9.05. The molecule has 0 spiro atoms. The summed E-state index contributed by atoms with van der Waals surface area (Å²) in [4.78, 5) is 27.0. The van der Waals surface area contributed by atoms with Crippen LogP contribution in [-0.4, -0.2) is 43.5 Å². The molecule has 0 radical (unpaired) electrons. The van der Waals surface area contributed by atoms with Gasteiger partial charge in [0, 0.05) is 31.1 Å². The van der Waals surface area contributed by atoms with Crippen LogP contribution in [0.1, 0.15) is 38.5 Å². The highest BCUT2D eigenvalue weighted by Gasteiger charge is 2.38. The number of carbonyl (C=O) groups excluding carboxylic acids is 2. The standard InChI is InChI=1S/C19H25ClN2O4/c1-25-16-10-15(17(26-2)9-14(16)20)21-19(24)12-8-18(23)22(11-12)13-6-4-3-5-7-13/h9-10,12-13H,3-8,11H2,1-2H3,(H,21,24)/t12-/m0/s1. The largest absolute Gasteiger partial charge is 0.495 e. The number of hydrogen-bond acceptors (Lipinski definition) is 4. The lowest BCUT2D eigenvalue weighted by Gasteiger charge is -2.31. The van der Waals surface area contributed by atoms with E-state index in [1.165, 1.54) is 20.6 Å². The zero-order chi connectivity index (χ0) is 18.7. The van der Waals surface area contributed by atoms with Crippen molar-refractivity contribution in [3.8, 4) is 11.5 Å². The molecular formula is C19H25ClN2O4. The minimum absolute atomic E-state index is 0.0812. The maximum atomic E-state index is 12.7. The third-order valence-electron chi connectivity index (χ3n) is 5.28. The minimum Gasteiger partial charge on any atom is -0.495 e. The number of nitrogens with one attached hydrogen (secondary N) is 1. The summed E-state index contributed by atoms with van der Waals surface area (Å²) in [5.41, 5.74) is 0.488.